The third-order valence-corrected chi connectivity index (χ3v) is 5.11. The number of rotatable bonds is 4. The first-order valence-corrected chi connectivity index (χ1v) is 10.1. The Hall–Kier alpha value is -2.54. The Kier molecular flexibility index (Phi) is 7.02. The van der Waals surface area contributed by atoms with E-state index >= 15 is 0 Å². The van der Waals surface area contributed by atoms with Crippen molar-refractivity contribution < 1.29 is 14.3 Å². The number of ether oxygens (including phenoxy) is 1. The van der Waals surface area contributed by atoms with Crippen LogP contribution in [0.3, 0.4) is 0 Å². The van der Waals surface area contributed by atoms with E-state index in [0.29, 0.717) is 38.3 Å². The molecule has 1 aliphatic heterocycles. The molecule has 2 N–H and O–H groups in total. The van der Waals surface area contributed by atoms with E-state index < -0.39 is 17.3 Å². The summed E-state index contributed by atoms with van der Waals surface area (Å²) in [5.41, 5.74) is 2.93. The second-order valence-electron chi connectivity index (χ2n) is 6.41. The molecule has 2 aromatic rings. The summed E-state index contributed by atoms with van der Waals surface area (Å²) in [6.45, 7) is 1.55. The van der Waals surface area contributed by atoms with Gasteiger partial charge in [0.15, 0.2) is 0 Å². The highest BCUT2D eigenvalue weighted by atomic mass is 35.5. The molecule has 156 valence electrons. The normalized spacial score (nSPS) is 15.7. The molecule has 2 aromatic carbocycles. The van der Waals surface area contributed by atoms with Gasteiger partial charge in [-0.05, 0) is 31.2 Å². The molecule has 0 bridgehead atoms. The lowest BCUT2D eigenvalue weighted by Gasteiger charge is -2.16. The average Bonchev–Trinajstić information content (AvgIpc) is 2.91. The number of anilines is 1. The van der Waals surface area contributed by atoms with Gasteiger partial charge in [0.25, 0.3) is 0 Å². The second kappa shape index (κ2) is 9.51. The Morgan fingerprint density at radius 3 is 2.57 bits per heavy atom. The van der Waals surface area contributed by atoms with Crippen LogP contribution in [0, 0.1) is 0 Å². The number of aliphatic imine (C=N–C) groups is 1. The predicted molar refractivity (Wildman–Crippen MR) is 120 cm³/mol. The van der Waals surface area contributed by atoms with Crippen molar-refractivity contribution in [3.8, 4) is 0 Å². The zero-order chi connectivity index (χ0) is 21.8. The number of hydrogen-bond donors (Lipinski definition) is 2. The third kappa shape index (κ3) is 4.78. The summed E-state index contributed by atoms with van der Waals surface area (Å²) in [5.74, 6) is -1.27. The van der Waals surface area contributed by atoms with E-state index in [1.807, 2.05) is 18.2 Å². The molecule has 0 aromatic heterocycles. The molecule has 1 unspecified atom stereocenters. The number of alkyl halides is 1. The summed E-state index contributed by atoms with van der Waals surface area (Å²) in [6, 6.07) is 12.5. The van der Waals surface area contributed by atoms with Crippen LogP contribution in [0.25, 0.3) is 0 Å². The standard InChI is InChI=1S/C21H18Cl3N3O3/c1-11(22)20(28)27-19(21(29)30-2)17-10-25-18(13-5-3-4-6-15(13)24)14-9-12(23)7-8-16(14)26-17/h3-9,11,26H,10H2,1-2H3,(H,27,28)/b19-17-. The van der Waals surface area contributed by atoms with Gasteiger partial charge < -0.3 is 15.4 Å². The highest BCUT2D eigenvalue weighted by molar-refractivity contribution is 6.36. The second-order valence-corrected chi connectivity index (χ2v) is 7.91. The van der Waals surface area contributed by atoms with Crippen molar-refractivity contribution in [2.75, 3.05) is 19.0 Å². The van der Waals surface area contributed by atoms with Crippen molar-refractivity contribution in [2.24, 2.45) is 4.99 Å². The van der Waals surface area contributed by atoms with E-state index in [0.717, 1.165) is 0 Å². The van der Waals surface area contributed by atoms with Crippen LogP contribution in [0.2, 0.25) is 10.0 Å². The molecule has 0 saturated heterocycles. The third-order valence-electron chi connectivity index (χ3n) is 4.35. The van der Waals surface area contributed by atoms with Crippen molar-refractivity contribution in [3.63, 3.8) is 0 Å². The lowest BCUT2D eigenvalue weighted by Crippen LogP contribution is -2.35. The fourth-order valence-corrected chi connectivity index (χ4v) is 3.32. The van der Waals surface area contributed by atoms with Crippen LogP contribution in [0.4, 0.5) is 5.69 Å². The van der Waals surface area contributed by atoms with E-state index in [1.165, 1.54) is 14.0 Å². The van der Waals surface area contributed by atoms with Gasteiger partial charge >= 0.3 is 5.97 Å². The highest BCUT2D eigenvalue weighted by Crippen LogP contribution is 2.30. The quantitative estimate of drug-likeness (QED) is 0.398. The maximum absolute atomic E-state index is 12.4. The molecular weight excluding hydrogens is 449 g/mol. The number of esters is 1. The van der Waals surface area contributed by atoms with Crippen LogP contribution >= 0.6 is 34.8 Å². The van der Waals surface area contributed by atoms with Gasteiger partial charge in [-0.1, -0.05) is 41.4 Å². The van der Waals surface area contributed by atoms with Crippen molar-refractivity contribution in [1.82, 2.24) is 5.32 Å². The topological polar surface area (TPSA) is 79.8 Å². The molecular formula is C21H18Cl3N3O3. The Bertz CT molecular complexity index is 1060. The van der Waals surface area contributed by atoms with Crippen molar-refractivity contribution in [3.05, 3.63) is 75.0 Å². The molecule has 9 heteroatoms. The number of benzene rings is 2. The Morgan fingerprint density at radius 2 is 1.90 bits per heavy atom. The molecule has 30 heavy (non-hydrogen) atoms. The Balaban J connectivity index is 2.18. The van der Waals surface area contributed by atoms with Gasteiger partial charge in [-0.15, -0.1) is 11.6 Å². The number of carbonyl (C=O) groups excluding carboxylic acids is 2. The van der Waals surface area contributed by atoms with Gasteiger partial charge in [-0.3, -0.25) is 9.79 Å². The van der Waals surface area contributed by atoms with Crippen LogP contribution in [0.5, 0.6) is 0 Å². The number of hydrogen-bond acceptors (Lipinski definition) is 5. The minimum Gasteiger partial charge on any atom is -0.464 e. The molecule has 0 aliphatic carbocycles. The van der Waals surface area contributed by atoms with Crippen LogP contribution in [-0.4, -0.2) is 36.6 Å². The first-order valence-electron chi connectivity index (χ1n) is 8.94. The molecule has 6 nitrogen and oxygen atoms in total. The number of fused-ring (bicyclic) bond motifs is 1. The number of halogens is 3. The number of nitrogens with zero attached hydrogens (tertiary/aromatic N) is 1. The first-order chi connectivity index (χ1) is 14.3. The minimum absolute atomic E-state index is 0.0498. The predicted octanol–water partition coefficient (Wildman–Crippen LogP) is 4.38. The monoisotopic (exact) mass is 465 g/mol. The Labute approximate surface area is 188 Å². The summed E-state index contributed by atoms with van der Waals surface area (Å²) >= 11 is 18.5. The number of amides is 1. The van der Waals surface area contributed by atoms with E-state index in [9.17, 15) is 9.59 Å². The highest BCUT2D eigenvalue weighted by Gasteiger charge is 2.25. The first kappa shape index (κ1) is 22.2. The number of methoxy groups -OCH3 is 1. The SMILES string of the molecule is COC(=O)/C(NC(=O)C(C)Cl)=C1\CN=C(c2ccccc2Cl)c2cc(Cl)ccc2N1. The van der Waals surface area contributed by atoms with Crippen LogP contribution in [0.15, 0.2) is 58.9 Å². The molecule has 1 atom stereocenters. The molecule has 0 radical (unpaired) electrons. The molecule has 0 fully saturated rings. The van der Waals surface area contributed by atoms with Gasteiger partial charge in [0.2, 0.25) is 5.91 Å². The number of carbonyl (C=O) groups is 2. The van der Waals surface area contributed by atoms with E-state index in [1.54, 1.807) is 24.3 Å². The summed E-state index contributed by atoms with van der Waals surface area (Å²) < 4.78 is 4.84. The molecule has 3 rings (SSSR count). The van der Waals surface area contributed by atoms with Gasteiger partial charge in [-0.25, -0.2) is 4.79 Å². The summed E-state index contributed by atoms with van der Waals surface area (Å²) in [6.07, 6.45) is 0. The summed E-state index contributed by atoms with van der Waals surface area (Å²) in [4.78, 5) is 29.2. The van der Waals surface area contributed by atoms with Crippen molar-refractivity contribution in [1.29, 1.82) is 0 Å². The van der Waals surface area contributed by atoms with E-state index in [-0.39, 0.29) is 12.2 Å². The zero-order valence-electron chi connectivity index (χ0n) is 16.1. The van der Waals surface area contributed by atoms with E-state index in [4.69, 9.17) is 39.5 Å². The van der Waals surface area contributed by atoms with Crippen LogP contribution in [-0.2, 0) is 14.3 Å². The van der Waals surface area contributed by atoms with Gasteiger partial charge in [0, 0.05) is 26.9 Å². The molecule has 1 heterocycles. The fourth-order valence-electron chi connectivity index (χ4n) is 2.87. The smallest absolute Gasteiger partial charge is 0.356 e. The summed E-state index contributed by atoms with van der Waals surface area (Å²) in [7, 11) is 1.22. The average molecular weight is 467 g/mol. The number of benzodiazepines with no additional fused rings is 1. The maximum Gasteiger partial charge on any atom is 0.356 e. The largest absolute Gasteiger partial charge is 0.464 e. The maximum atomic E-state index is 12.4. The van der Waals surface area contributed by atoms with E-state index in [2.05, 4.69) is 15.6 Å². The van der Waals surface area contributed by atoms with Gasteiger partial charge in [0.05, 0.1) is 25.1 Å². The molecule has 1 aliphatic rings. The fraction of sp³-hybridized carbons (Fsp3) is 0.190. The number of nitrogens with one attached hydrogen (secondary N) is 2. The molecule has 1 amide bonds. The lowest BCUT2D eigenvalue weighted by molar-refractivity contribution is -0.137. The minimum atomic E-state index is -0.843. The molecule has 0 saturated carbocycles. The van der Waals surface area contributed by atoms with Gasteiger partial charge in [-0.2, -0.15) is 0 Å². The van der Waals surface area contributed by atoms with Crippen molar-refractivity contribution in [2.45, 2.75) is 12.3 Å². The lowest BCUT2D eigenvalue weighted by atomic mass is 10.0. The van der Waals surface area contributed by atoms with Crippen molar-refractivity contribution >= 4 is 58.1 Å². The van der Waals surface area contributed by atoms with Gasteiger partial charge in [0.1, 0.15) is 11.1 Å². The van der Waals surface area contributed by atoms with Crippen LogP contribution < -0.4 is 10.6 Å². The Morgan fingerprint density at radius 1 is 1.17 bits per heavy atom. The molecule has 0 spiro atoms. The van der Waals surface area contributed by atoms with Crippen LogP contribution in [0.1, 0.15) is 18.1 Å². The zero-order valence-corrected chi connectivity index (χ0v) is 18.4. The summed E-state index contributed by atoms with van der Waals surface area (Å²) in [5, 5.41) is 5.88.